The summed E-state index contributed by atoms with van der Waals surface area (Å²) in [6.07, 6.45) is 19.0. The topological polar surface area (TPSA) is 26.5 Å². The van der Waals surface area contributed by atoms with E-state index in [9.17, 15) is 0 Å². The third kappa shape index (κ3) is 22.5. The van der Waals surface area contributed by atoms with Crippen LogP contribution in [0.1, 0.15) is 98.8 Å². The minimum atomic E-state index is 0.216. The van der Waals surface area contributed by atoms with Gasteiger partial charge in [-0.05, 0) is 11.8 Å². The van der Waals surface area contributed by atoms with E-state index in [1.54, 1.807) is 14.1 Å². The molecular weight excluding hydrogens is 473 g/mol. The van der Waals surface area contributed by atoms with Gasteiger partial charge in [0.15, 0.2) is 0 Å². The number of rotatable bonds is 2. The van der Waals surface area contributed by atoms with Gasteiger partial charge in [0.05, 0.1) is 0 Å². The molecule has 151 valence electrons. The molecule has 2 aliphatic carbocycles. The van der Waals surface area contributed by atoms with Crippen LogP contribution in [0.2, 0.25) is 0 Å². The molecule has 2 aliphatic rings. The standard InChI is InChI=1S/2C8H15.C4H9N.C2H6N.Ta/c2*1-2-8-6-4-3-5-7-8;1-4(2,3)5;1-3-2;/h2*3,8H,2,4-7H2,1H3;1-3H3;1-2H3;/q2*-1;;-1;. The Hall–Kier alpha value is 0.500. The van der Waals surface area contributed by atoms with E-state index in [-0.39, 0.29) is 5.54 Å². The van der Waals surface area contributed by atoms with Crippen molar-refractivity contribution < 1.29 is 20.9 Å². The van der Waals surface area contributed by atoms with Crippen molar-refractivity contribution in [2.75, 3.05) is 14.1 Å². The van der Waals surface area contributed by atoms with Crippen molar-refractivity contribution in [2.24, 2.45) is 15.2 Å². The molecule has 0 radical (unpaired) electrons. The molecule has 0 aliphatic heterocycles. The fourth-order valence-corrected chi connectivity index (χ4v) is 2.81. The molecule has 2 fully saturated rings. The number of nitrogens with zero attached hydrogens (tertiary/aromatic N) is 2. The summed E-state index contributed by atoms with van der Waals surface area (Å²) in [5.74, 6) is 2.11. The Kier molecular flexibility index (Phi) is 21.4. The molecule has 0 atom stereocenters. The summed E-state index contributed by atoms with van der Waals surface area (Å²) >= 11 is 1.15. The van der Waals surface area contributed by atoms with Gasteiger partial charge in [-0.3, -0.25) is 0 Å². The first-order valence-electron chi connectivity index (χ1n) is 10.3. The molecule has 0 amide bonds. The van der Waals surface area contributed by atoms with Gasteiger partial charge in [-0.1, -0.05) is 52.4 Å². The van der Waals surface area contributed by atoms with Gasteiger partial charge in [0.25, 0.3) is 0 Å². The van der Waals surface area contributed by atoms with E-state index in [4.69, 9.17) is 0 Å². The normalized spacial score (nSPS) is 18.5. The summed E-state index contributed by atoms with van der Waals surface area (Å²) in [4.78, 5) is 0. The Morgan fingerprint density at radius 1 is 0.840 bits per heavy atom. The van der Waals surface area contributed by atoms with E-state index in [2.05, 4.69) is 56.1 Å². The van der Waals surface area contributed by atoms with Crippen molar-refractivity contribution in [3.8, 4) is 0 Å². The molecule has 2 rings (SSSR count). The van der Waals surface area contributed by atoms with E-state index in [0.717, 1.165) is 32.7 Å². The predicted molar refractivity (Wildman–Crippen MR) is 110 cm³/mol. The van der Waals surface area contributed by atoms with Crippen LogP contribution in [0.15, 0.2) is 3.34 Å². The Bertz CT molecular complexity index is 244. The molecular formula is C22H45N2Ta-3. The summed E-state index contributed by atoms with van der Waals surface area (Å²) < 4.78 is 4.13. The minimum absolute atomic E-state index is 0.216. The predicted octanol–water partition coefficient (Wildman–Crippen LogP) is 7.72. The Balaban J connectivity index is 0. The molecule has 25 heavy (non-hydrogen) atoms. The van der Waals surface area contributed by atoms with Crippen LogP contribution in [0.3, 0.4) is 0 Å². The Morgan fingerprint density at radius 2 is 1.08 bits per heavy atom. The van der Waals surface area contributed by atoms with Crippen LogP contribution in [0, 0.1) is 24.7 Å². The summed E-state index contributed by atoms with van der Waals surface area (Å²) in [7, 11) is 3.50. The van der Waals surface area contributed by atoms with E-state index in [1.165, 1.54) is 64.2 Å². The summed E-state index contributed by atoms with van der Waals surface area (Å²) in [6, 6.07) is 0. The van der Waals surface area contributed by atoms with E-state index >= 15 is 0 Å². The van der Waals surface area contributed by atoms with Crippen molar-refractivity contribution in [2.45, 2.75) is 104 Å². The SMILES string of the molecule is CC(C)(C)[N]=[Ta].CCC1CC[CH-]CC1.CCC1CC[CH-]CC1.C[N-]C. The summed E-state index contributed by atoms with van der Waals surface area (Å²) in [5, 5.41) is 3.50. The molecule has 0 N–H and O–H groups in total. The molecule has 0 unspecified atom stereocenters. The Labute approximate surface area is 172 Å². The van der Waals surface area contributed by atoms with E-state index < -0.39 is 0 Å². The zero-order valence-electron chi connectivity index (χ0n) is 18.2. The van der Waals surface area contributed by atoms with Gasteiger partial charge >= 0.3 is 50.5 Å². The average Bonchev–Trinajstić information content (AvgIpc) is 2.64. The summed E-state index contributed by atoms with van der Waals surface area (Å²) in [5.41, 5.74) is 0.216. The van der Waals surface area contributed by atoms with Crippen LogP contribution in [-0.2, 0) is 20.9 Å². The van der Waals surface area contributed by atoms with Crippen LogP contribution < -0.4 is 0 Å². The third-order valence-corrected chi connectivity index (χ3v) is 6.73. The molecule has 0 heterocycles. The zero-order valence-corrected chi connectivity index (χ0v) is 21.4. The quantitative estimate of drug-likeness (QED) is 0.335. The van der Waals surface area contributed by atoms with Crippen LogP contribution in [0.25, 0.3) is 5.32 Å². The number of hydrogen-bond acceptors (Lipinski definition) is 1. The molecule has 2 nitrogen and oxygen atoms in total. The molecule has 0 aromatic heterocycles. The minimum Gasteiger partial charge on any atom is -0.668 e. The van der Waals surface area contributed by atoms with Crippen molar-refractivity contribution >= 4 is 0 Å². The van der Waals surface area contributed by atoms with Gasteiger partial charge in [-0.15, -0.1) is 0 Å². The second-order valence-electron chi connectivity index (χ2n) is 8.15. The smallest absolute Gasteiger partial charge is 0.0465 e. The van der Waals surface area contributed by atoms with Crippen molar-refractivity contribution in [3.05, 3.63) is 18.2 Å². The molecule has 0 saturated heterocycles. The van der Waals surface area contributed by atoms with Crippen LogP contribution in [-0.4, -0.2) is 19.6 Å². The second-order valence-corrected chi connectivity index (χ2v) is 8.87. The van der Waals surface area contributed by atoms with Gasteiger partial charge in [0.1, 0.15) is 0 Å². The number of hydrogen-bond donors (Lipinski definition) is 0. The molecule has 2 saturated carbocycles. The van der Waals surface area contributed by atoms with Gasteiger partial charge in [0.2, 0.25) is 0 Å². The van der Waals surface area contributed by atoms with Crippen LogP contribution >= 0.6 is 0 Å². The van der Waals surface area contributed by atoms with E-state index in [0.29, 0.717) is 0 Å². The van der Waals surface area contributed by atoms with Crippen molar-refractivity contribution in [1.29, 1.82) is 0 Å². The van der Waals surface area contributed by atoms with Crippen LogP contribution in [0.5, 0.6) is 0 Å². The Morgan fingerprint density at radius 3 is 1.20 bits per heavy atom. The first kappa shape index (κ1) is 27.7. The fraction of sp³-hybridized carbons (Fsp3) is 0.909. The molecule has 0 aromatic rings. The maximum absolute atomic E-state index is 4.13. The van der Waals surface area contributed by atoms with Crippen LogP contribution in [0.4, 0.5) is 0 Å². The third-order valence-electron chi connectivity index (χ3n) is 4.57. The van der Waals surface area contributed by atoms with Gasteiger partial charge in [-0.25, -0.2) is 0 Å². The zero-order chi connectivity index (χ0) is 19.6. The second kappa shape index (κ2) is 19.3. The molecule has 0 aromatic carbocycles. The van der Waals surface area contributed by atoms with E-state index in [1.807, 2.05) is 0 Å². The van der Waals surface area contributed by atoms with Gasteiger partial charge < -0.3 is 18.2 Å². The summed E-state index contributed by atoms with van der Waals surface area (Å²) in [6.45, 7) is 10.9. The molecule has 0 spiro atoms. The average molecular weight is 519 g/mol. The molecule has 0 bridgehead atoms. The maximum Gasteiger partial charge on any atom is -0.0465 e. The monoisotopic (exact) mass is 518 g/mol. The molecule has 3 heteroatoms. The maximum atomic E-state index is 4.13. The van der Waals surface area contributed by atoms with Crippen molar-refractivity contribution in [1.82, 2.24) is 0 Å². The largest absolute Gasteiger partial charge is 0.668 e. The fourth-order valence-electron chi connectivity index (χ4n) is 2.81. The first-order chi connectivity index (χ1) is 11.8. The first-order valence-corrected chi connectivity index (χ1v) is 11.8. The van der Waals surface area contributed by atoms with Gasteiger partial charge in [0, 0.05) is 0 Å². The van der Waals surface area contributed by atoms with Crippen molar-refractivity contribution in [3.63, 3.8) is 0 Å². The van der Waals surface area contributed by atoms with Gasteiger partial charge in [-0.2, -0.15) is 39.8 Å².